The normalized spacial score (nSPS) is 15.3. The van der Waals surface area contributed by atoms with Crippen molar-refractivity contribution in [1.29, 1.82) is 0 Å². The predicted molar refractivity (Wildman–Crippen MR) is 64.3 cm³/mol. The number of benzene rings is 1. The van der Waals surface area contributed by atoms with Crippen LogP contribution in [0.4, 0.5) is 0 Å². The minimum atomic E-state index is 0.541. The summed E-state index contributed by atoms with van der Waals surface area (Å²) in [4.78, 5) is 4.41. The molecule has 1 aliphatic rings. The third-order valence-electron chi connectivity index (χ3n) is 2.74. The van der Waals surface area contributed by atoms with E-state index in [-0.39, 0.29) is 0 Å². The molecule has 0 radical (unpaired) electrons. The molecule has 0 bridgehead atoms. The fraction of sp³-hybridized carbons (Fsp3) is 0.333. The Labute approximate surface area is 102 Å². The van der Waals surface area contributed by atoms with Gasteiger partial charge in [-0.05, 0) is 30.5 Å². The Bertz CT molecular complexity index is 488. The van der Waals surface area contributed by atoms with Gasteiger partial charge in [0, 0.05) is 16.8 Å². The molecule has 1 saturated carbocycles. The van der Waals surface area contributed by atoms with E-state index in [0.717, 1.165) is 16.7 Å². The van der Waals surface area contributed by atoms with Gasteiger partial charge in [-0.2, -0.15) is 4.98 Å². The number of nitrogens with zero attached hydrogens (tertiary/aromatic N) is 2. The first kappa shape index (κ1) is 10.0. The summed E-state index contributed by atoms with van der Waals surface area (Å²) in [5.74, 6) is 2.03. The second kappa shape index (κ2) is 4.01. The molecule has 1 aromatic heterocycles. The van der Waals surface area contributed by atoms with Crippen molar-refractivity contribution in [3.63, 3.8) is 0 Å². The fourth-order valence-corrected chi connectivity index (χ4v) is 1.97. The number of aromatic nitrogens is 2. The maximum atomic E-state index is 5.25. The molecule has 4 heteroatoms. The van der Waals surface area contributed by atoms with Crippen molar-refractivity contribution in [2.24, 2.45) is 0 Å². The van der Waals surface area contributed by atoms with Gasteiger partial charge in [-0.15, -0.1) is 0 Å². The highest BCUT2D eigenvalue weighted by Crippen LogP contribution is 2.38. The van der Waals surface area contributed by atoms with E-state index in [9.17, 15) is 0 Å². The standard InChI is InChI=1S/C12H11BrN2O/c13-7-8-1-3-10(4-2-8)12-14-11(15-16-12)9-5-6-9/h1-4,9H,5-7H2. The second-order valence-electron chi connectivity index (χ2n) is 4.06. The molecule has 1 aliphatic carbocycles. The Morgan fingerprint density at radius 2 is 2.00 bits per heavy atom. The lowest BCUT2D eigenvalue weighted by atomic mass is 10.1. The summed E-state index contributed by atoms with van der Waals surface area (Å²) in [6.07, 6.45) is 2.39. The molecule has 2 aromatic rings. The molecule has 0 atom stereocenters. The SMILES string of the molecule is BrCc1ccc(-c2nc(C3CC3)no2)cc1. The monoisotopic (exact) mass is 278 g/mol. The Balaban J connectivity index is 1.88. The van der Waals surface area contributed by atoms with Crippen LogP contribution in [0.2, 0.25) is 0 Å². The average molecular weight is 279 g/mol. The van der Waals surface area contributed by atoms with Gasteiger partial charge in [0.05, 0.1) is 0 Å². The van der Waals surface area contributed by atoms with Crippen LogP contribution in [-0.4, -0.2) is 10.1 Å². The molecule has 82 valence electrons. The van der Waals surface area contributed by atoms with Gasteiger partial charge in [-0.3, -0.25) is 0 Å². The van der Waals surface area contributed by atoms with Crippen molar-refractivity contribution < 1.29 is 4.52 Å². The number of halogens is 1. The third-order valence-corrected chi connectivity index (χ3v) is 3.39. The van der Waals surface area contributed by atoms with Gasteiger partial charge < -0.3 is 4.52 Å². The summed E-state index contributed by atoms with van der Waals surface area (Å²) < 4.78 is 5.25. The first-order chi connectivity index (χ1) is 7.86. The van der Waals surface area contributed by atoms with Crippen molar-refractivity contribution in [3.05, 3.63) is 35.7 Å². The number of hydrogen-bond acceptors (Lipinski definition) is 3. The second-order valence-corrected chi connectivity index (χ2v) is 4.62. The van der Waals surface area contributed by atoms with Crippen LogP contribution in [0, 0.1) is 0 Å². The number of alkyl halides is 1. The predicted octanol–water partition coefficient (Wildman–Crippen LogP) is 3.51. The molecule has 1 aromatic carbocycles. The molecule has 0 spiro atoms. The zero-order valence-corrected chi connectivity index (χ0v) is 10.3. The van der Waals surface area contributed by atoms with E-state index in [4.69, 9.17) is 4.52 Å². The molecule has 0 amide bonds. The lowest BCUT2D eigenvalue weighted by Gasteiger charge is -1.96. The highest BCUT2D eigenvalue weighted by Gasteiger charge is 2.28. The van der Waals surface area contributed by atoms with E-state index in [1.807, 2.05) is 12.1 Å². The fourth-order valence-electron chi connectivity index (χ4n) is 1.60. The van der Waals surface area contributed by atoms with Crippen molar-refractivity contribution in [1.82, 2.24) is 10.1 Å². The molecule has 16 heavy (non-hydrogen) atoms. The molecule has 0 saturated heterocycles. The topological polar surface area (TPSA) is 38.9 Å². The maximum absolute atomic E-state index is 5.25. The largest absolute Gasteiger partial charge is 0.334 e. The minimum Gasteiger partial charge on any atom is -0.334 e. The van der Waals surface area contributed by atoms with Crippen LogP contribution in [-0.2, 0) is 5.33 Å². The number of rotatable bonds is 3. The lowest BCUT2D eigenvalue weighted by molar-refractivity contribution is 0.422. The molecule has 0 N–H and O–H groups in total. The van der Waals surface area contributed by atoms with Gasteiger partial charge in [0.1, 0.15) is 0 Å². The summed E-state index contributed by atoms with van der Waals surface area (Å²) in [5.41, 5.74) is 2.23. The van der Waals surface area contributed by atoms with Crippen molar-refractivity contribution in [2.45, 2.75) is 24.1 Å². The smallest absolute Gasteiger partial charge is 0.257 e. The van der Waals surface area contributed by atoms with E-state index in [2.05, 4.69) is 38.2 Å². The minimum absolute atomic E-state index is 0.541. The first-order valence-electron chi connectivity index (χ1n) is 5.35. The first-order valence-corrected chi connectivity index (χ1v) is 6.48. The van der Waals surface area contributed by atoms with Crippen LogP contribution in [0.3, 0.4) is 0 Å². The maximum Gasteiger partial charge on any atom is 0.257 e. The van der Waals surface area contributed by atoms with Crippen LogP contribution in [0.5, 0.6) is 0 Å². The zero-order valence-electron chi connectivity index (χ0n) is 8.69. The quantitative estimate of drug-likeness (QED) is 0.807. The van der Waals surface area contributed by atoms with E-state index in [1.54, 1.807) is 0 Å². The molecular weight excluding hydrogens is 268 g/mol. The van der Waals surface area contributed by atoms with Crippen molar-refractivity contribution in [3.8, 4) is 11.5 Å². The van der Waals surface area contributed by atoms with Gasteiger partial charge >= 0.3 is 0 Å². The molecule has 1 heterocycles. The molecule has 1 fully saturated rings. The highest BCUT2D eigenvalue weighted by molar-refractivity contribution is 9.08. The van der Waals surface area contributed by atoms with E-state index < -0.39 is 0 Å². The van der Waals surface area contributed by atoms with Crippen LogP contribution >= 0.6 is 15.9 Å². The summed E-state index contributed by atoms with van der Waals surface area (Å²) in [6, 6.07) is 8.15. The molecule has 3 nitrogen and oxygen atoms in total. The Morgan fingerprint density at radius 3 is 2.62 bits per heavy atom. The highest BCUT2D eigenvalue weighted by atomic mass is 79.9. The van der Waals surface area contributed by atoms with E-state index >= 15 is 0 Å². The zero-order chi connectivity index (χ0) is 11.0. The van der Waals surface area contributed by atoms with Crippen LogP contribution in [0.15, 0.2) is 28.8 Å². The summed E-state index contributed by atoms with van der Waals surface area (Å²) >= 11 is 3.42. The van der Waals surface area contributed by atoms with Crippen molar-refractivity contribution >= 4 is 15.9 Å². The third kappa shape index (κ3) is 1.89. The molecule has 0 unspecified atom stereocenters. The lowest BCUT2D eigenvalue weighted by Crippen LogP contribution is -1.83. The van der Waals surface area contributed by atoms with Gasteiger partial charge in [0.15, 0.2) is 5.82 Å². The van der Waals surface area contributed by atoms with Gasteiger partial charge in [-0.25, -0.2) is 0 Å². The number of hydrogen-bond donors (Lipinski definition) is 0. The van der Waals surface area contributed by atoms with Crippen molar-refractivity contribution in [2.75, 3.05) is 0 Å². The van der Waals surface area contributed by atoms with Gasteiger partial charge in [-0.1, -0.05) is 33.2 Å². The van der Waals surface area contributed by atoms with Crippen LogP contribution < -0.4 is 0 Å². The Hall–Kier alpha value is -1.16. The van der Waals surface area contributed by atoms with E-state index in [1.165, 1.54) is 18.4 Å². The Kier molecular flexibility index (Phi) is 2.52. The van der Waals surface area contributed by atoms with Gasteiger partial charge in [0.2, 0.25) is 0 Å². The van der Waals surface area contributed by atoms with E-state index in [0.29, 0.717) is 11.8 Å². The summed E-state index contributed by atoms with van der Waals surface area (Å²) in [6.45, 7) is 0. The Morgan fingerprint density at radius 1 is 1.25 bits per heavy atom. The summed E-state index contributed by atoms with van der Waals surface area (Å²) in [5, 5.41) is 4.87. The molecule has 0 aliphatic heterocycles. The van der Waals surface area contributed by atoms with Crippen LogP contribution in [0.1, 0.15) is 30.1 Å². The molecule has 3 rings (SSSR count). The summed E-state index contributed by atoms with van der Waals surface area (Å²) in [7, 11) is 0. The van der Waals surface area contributed by atoms with Gasteiger partial charge in [0.25, 0.3) is 5.89 Å². The van der Waals surface area contributed by atoms with Crippen LogP contribution in [0.25, 0.3) is 11.5 Å². The molecular formula is C12H11BrN2O. The average Bonchev–Trinajstić information content (AvgIpc) is 3.08.